The van der Waals surface area contributed by atoms with Crippen LogP contribution in [0.3, 0.4) is 0 Å². The highest BCUT2D eigenvalue weighted by molar-refractivity contribution is 7.89. The molecule has 728 valence electrons. The van der Waals surface area contributed by atoms with E-state index in [1.54, 1.807) is 12.1 Å². The second-order valence-electron chi connectivity index (χ2n) is 34.1. The van der Waals surface area contributed by atoms with Crippen LogP contribution in [-0.4, -0.2) is 227 Å². The van der Waals surface area contributed by atoms with Gasteiger partial charge < -0.3 is 143 Å². The van der Waals surface area contributed by atoms with Crippen molar-refractivity contribution in [3.05, 3.63) is 165 Å². The molecule has 2 saturated heterocycles. The molecule has 11 bridgehead atoms. The number of carboxylic acid groups (broad SMARTS) is 1. The second-order valence-corrected chi connectivity index (χ2v) is 36.3. The number of aryl methyl sites for hydroxylation is 1. The number of hydrogen-bond donors (Lipinski definition) is 21. The molecule has 43 heteroatoms. The Morgan fingerprint density at radius 3 is 1.96 bits per heavy atom. The van der Waals surface area contributed by atoms with Crippen molar-refractivity contribution in [3.63, 3.8) is 0 Å². The molecule has 7 aromatic rings. The third-order valence-electron chi connectivity index (χ3n) is 23.4. The van der Waals surface area contributed by atoms with Crippen LogP contribution in [0.15, 0.2) is 126 Å². The first-order chi connectivity index (χ1) is 64.2. The normalized spacial score (nSPS) is 25.0. The number of phenolic OH excluding ortho intramolecular Hbond substituents is 2. The summed E-state index contributed by atoms with van der Waals surface area (Å²) in [5, 5.41) is 131. The first-order valence-electron chi connectivity index (χ1n) is 43.9. The molecule has 0 aromatic heterocycles. The van der Waals surface area contributed by atoms with E-state index in [1.165, 1.54) is 82.4 Å². The zero-order valence-electron chi connectivity index (χ0n) is 75.0. The summed E-state index contributed by atoms with van der Waals surface area (Å²) in [4.78, 5) is 136. The van der Waals surface area contributed by atoms with Crippen molar-refractivity contribution in [2.75, 3.05) is 45.3 Å². The van der Waals surface area contributed by atoms with Crippen molar-refractivity contribution in [2.24, 2.45) is 17.4 Å². The van der Waals surface area contributed by atoms with E-state index in [-0.39, 0.29) is 64.9 Å². The number of hydrogen-bond acceptors (Lipinski definition) is 31. The van der Waals surface area contributed by atoms with Crippen molar-refractivity contribution < 1.29 is 140 Å². The number of ether oxygens (including phenoxy) is 9. The number of carboxylic acids is 1. The van der Waals surface area contributed by atoms with Gasteiger partial charge >= 0.3 is 12.1 Å². The first kappa shape index (κ1) is 102. The number of aliphatic hydroxyl groups excluding tert-OH is 6. The summed E-state index contributed by atoms with van der Waals surface area (Å²) in [6, 6.07) is 10.1. The van der Waals surface area contributed by atoms with E-state index < -0.39 is 271 Å². The maximum Gasteiger partial charge on any atom is 0.417 e. The maximum atomic E-state index is 16.6. The fourth-order valence-corrected chi connectivity index (χ4v) is 17.3. The Morgan fingerprint density at radius 2 is 1.33 bits per heavy atom. The number of aliphatic carboxylic acids is 1. The van der Waals surface area contributed by atoms with Crippen LogP contribution in [0.25, 0.3) is 11.1 Å². The molecule has 8 amide bonds. The number of nitrogens with two attached hydrogens (primary N) is 2. The van der Waals surface area contributed by atoms with Gasteiger partial charge in [-0.1, -0.05) is 76.8 Å². The Kier molecular flexibility index (Phi) is 33.6. The molecule has 7 heterocycles. The lowest BCUT2D eigenvalue weighted by Gasteiger charge is -2.47. The average molecular weight is 1920 g/mol. The molecule has 18 atom stereocenters. The van der Waals surface area contributed by atoms with Crippen LogP contribution in [0.4, 0.5) is 10.5 Å². The first-order valence-corrected chi connectivity index (χ1v) is 45.8. The number of likely N-dealkylation sites (N-methyl/N-ethyl adjacent to an activating group) is 1. The van der Waals surface area contributed by atoms with E-state index in [9.17, 15) is 73.6 Å². The number of aromatic hydroxyl groups is 2. The summed E-state index contributed by atoms with van der Waals surface area (Å²) in [7, 11) is -2.75. The molecule has 0 saturated carbocycles. The number of phenols is 2. The zero-order valence-corrected chi connectivity index (χ0v) is 76.5. The number of anilines is 1. The summed E-state index contributed by atoms with van der Waals surface area (Å²) in [6.45, 7) is 10.7. The number of rotatable bonds is 31. The second kappa shape index (κ2) is 44.6. The minimum absolute atomic E-state index is 0.0622. The molecule has 0 unspecified atom stereocenters. The van der Waals surface area contributed by atoms with E-state index in [0.717, 1.165) is 86.7 Å². The van der Waals surface area contributed by atoms with Gasteiger partial charge in [-0.3, -0.25) is 38.9 Å². The molecule has 0 aliphatic carbocycles. The molecule has 7 aliphatic rings. The Hall–Kier alpha value is -12.1. The lowest BCUT2D eigenvalue weighted by atomic mass is 9.86. The van der Waals surface area contributed by atoms with Gasteiger partial charge in [0.2, 0.25) is 63.4 Å². The fraction of sp³-hybridized carbons (Fsp3) is 0.446. The Bertz CT molecular complexity index is 5630. The molecule has 2 fully saturated rings. The molecule has 7 aliphatic heterocycles. The Balaban J connectivity index is 1.05. The number of sulfonamides is 1. The highest BCUT2D eigenvalue weighted by atomic mass is 35.5. The van der Waals surface area contributed by atoms with E-state index in [1.807, 2.05) is 27.7 Å². The lowest BCUT2D eigenvalue weighted by Crippen LogP contribution is -2.64. The summed E-state index contributed by atoms with van der Waals surface area (Å²) in [6.07, 6.45) is -16.0. The maximum absolute atomic E-state index is 16.6. The highest BCUT2D eigenvalue weighted by Gasteiger charge is 2.52. The minimum Gasteiger partial charge on any atom is -0.507 e. The van der Waals surface area contributed by atoms with Crippen LogP contribution < -0.4 is 92.5 Å². The predicted octanol–water partition coefficient (Wildman–Crippen LogP) is 4.48. The Labute approximate surface area is 781 Å². The van der Waals surface area contributed by atoms with Crippen molar-refractivity contribution in [3.8, 4) is 68.6 Å². The molecule has 0 radical (unpaired) electrons. The molecular formula is C92H113ClN12O29S. The van der Waals surface area contributed by atoms with Gasteiger partial charge in [0.25, 0.3) is 0 Å². The van der Waals surface area contributed by atoms with Crippen LogP contribution in [0.2, 0.25) is 5.02 Å². The standard InChI is InChI=1S/C92H113ClN12O29S/c1-9-11-13-31-127-52-21-23-53(24-22-52)135(124,125)98-29-28-97-41-56-63(132-91(123)99-50-17-19-51(20-18-50)126-30-12-10-2)38-55-69(77(56)111)54-34-46(14-25-60(54)107)70-85(117)105-74(88(120)103-72(55)89(121)122)76(110)48-16-27-62(57(93)35-48)130-65-37-49-36-64(80(65)134-90-81(79(113)78(112)66(42-106)131-90)133-68-40-92(7,95)82(114)45(6)128-68)129-61-26-15-47(33-44(61)5)75(109)73(104-83(115)58(96-8)32-43(3)4)87(119)100-59(39-67(94)108)84(116)101-71(49)86(118)102-70/h14-27,33-38,43,45,58-59,66,68,70-76,78-79,81-82,90,96-98,106-107,109-114H,9-13,28-32,39-42,95H2,1-8H3,(H2,94,108)(H,99,123)(H,100,119)(H,101,116)(H,102,118)(H,103,120)(H,104,115)(H,105,117)(H,121,122)/t45-,58+,59-,66+,68-,70+,71+,72-,73+,74-,75+,76+,78+,79-,81+,82+,90-,92-/m0/s1. The molecule has 0 spiro atoms. The van der Waals surface area contributed by atoms with Crippen LogP contribution in [0.1, 0.15) is 162 Å². The Morgan fingerprint density at radius 1 is 0.696 bits per heavy atom. The molecular weight excluding hydrogens is 1800 g/mol. The van der Waals surface area contributed by atoms with Crippen LogP contribution in [0.5, 0.6) is 57.5 Å². The SMILES string of the molecule is CCCCCOc1ccc(S(=O)(=O)NCCNCc2c(OC(=O)Nc3ccc(OCCCC)cc3)cc3c(c2O)-c2cc(ccc2O)[C@H]2NC(=O)[C@@H]4NC(=O)[C@H](CC(N)=O)NC(=O)[C@H](NC(=O)[C@@H](CC(C)C)NC)[C@H](O)c5ccc(c(C)c5)Oc5cc4cc(c5O[C@@H]4O[C@H](CO)[C@@H](O)[C@H](O)[C@H]4O[C@H]4C[C@](C)(N)[C@H](O)[C@H](C)O4)Oc4ccc(cc4Cl)[C@@H](O)[C@H](NC2=O)C(=O)N[C@@H]3C(=O)O)cc1. The number of amides is 8. The van der Waals surface area contributed by atoms with Gasteiger partial charge in [0, 0.05) is 54.0 Å². The monoisotopic (exact) mass is 1920 g/mol. The van der Waals surface area contributed by atoms with E-state index in [2.05, 4.69) is 52.6 Å². The summed E-state index contributed by atoms with van der Waals surface area (Å²) < 4.78 is 86.6. The van der Waals surface area contributed by atoms with E-state index >= 15 is 24.0 Å². The molecule has 23 N–H and O–H groups in total. The quantitative estimate of drug-likeness (QED) is 0.0266. The third kappa shape index (κ3) is 24.4. The molecule has 135 heavy (non-hydrogen) atoms. The van der Waals surface area contributed by atoms with Gasteiger partial charge in [0.05, 0.1) is 60.0 Å². The number of halogens is 1. The van der Waals surface area contributed by atoms with Crippen molar-refractivity contribution >= 4 is 80.7 Å². The van der Waals surface area contributed by atoms with Gasteiger partial charge in [0.15, 0.2) is 29.9 Å². The van der Waals surface area contributed by atoms with Gasteiger partial charge in [-0.05, 0) is 184 Å². The number of benzene rings is 7. The summed E-state index contributed by atoms with van der Waals surface area (Å²) in [5.74, 6) is -15.5. The largest absolute Gasteiger partial charge is 0.507 e. The van der Waals surface area contributed by atoms with E-state index in [4.69, 9.17) is 65.7 Å². The number of unbranched alkanes of at least 4 members (excludes halogenated alkanes) is 3. The number of nitrogens with one attached hydrogen (secondary N) is 10. The van der Waals surface area contributed by atoms with Gasteiger partial charge in [-0.2, -0.15) is 0 Å². The number of aliphatic hydroxyl groups is 6. The number of carbonyl (C=O) groups excluding carboxylic acids is 8. The highest BCUT2D eigenvalue weighted by Crippen LogP contribution is 2.51. The number of primary amides is 1. The third-order valence-corrected chi connectivity index (χ3v) is 25.2. The summed E-state index contributed by atoms with van der Waals surface area (Å²) in [5.41, 5.74) is 7.53. The molecule has 14 rings (SSSR count). The molecule has 41 nitrogen and oxygen atoms in total. The zero-order chi connectivity index (χ0) is 97.8. The minimum atomic E-state index is -4.22. The summed E-state index contributed by atoms with van der Waals surface area (Å²) >= 11 is 7.24. The van der Waals surface area contributed by atoms with Gasteiger partial charge in [-0.15, -0.1) is 0 Å². The van der Waals surface area contributed by atoms with Crippen molar-refractivity contribution in [2.45, 2.75) is 221 Å². The van der Waals surface area contributed by atoms with Crippen LogP contribution in [-0.2, 0) is 69.1 Å². The van der Waals surface area contributed by atoms with Crippen LogP contribution >= 0.6 is 11.6 Å². The van der Waals surface area contributed by atoms with Crippen molar-refractivity contribution in [1.82, 2.24) is 47.3 Å². The van der Waals surface area contributed by atoms with Crippen molar-refractivity contribution in [1.29, 1.82) is 0 Å². The number of fused-ring (bicyclic) bond motifs is 15. The van der Waals surface area contributed by atoms with Gasteiger partial charge in [-0.25, -0.2) is 22.7 Å². The number of carbonyl (C=O) groups is 9. The lowest BCUT2D eigenvalue weighted by molar-refractivity contribution is -0.333. The molecule has 7 aromatic carbocycles. The predicted molar refractivity (Wildman–Crippen MR) is 482 cm³/mol. The average Bonchev–Trinajstić information content (AvgIpc) is 0.748. The topological polar surface area (TPSA) is 625 Å². The van der Waals surface area contributed by atoms with Gasteiger partial charge in [0.1, 0.15) is 101 Å². The fourth-order valence-electron chi connectivity index (χ4n) is 16.0. The smallest absolute Gasteiger partial charge is 0.417 e. The van der Waals surface area contributed by atoms with Crippen LogP contribution in [0, 0.1) is 12.8 Å². The van der Waals surface area contributed by atoms with E-state index in [0.29, 0.717) is 24.7 Å².